The summed E-state index contributed by atoms with van der Waals surface area (Å²) >= 11 is 1.48. The van der Waals surface area contributed by atoms with E-state index in [1.54, 1.807) is 0 Å². The van der Waals surface area contributed by atoms with E-state index in [-0.39, 0.29) is 18.3 Å². The number of oxazole rings is 1. The van der Waals surface area contributed by atoms with Crippen molar-refractivity contribution in [2.75, 3.05) is 5.75 Å². The minimum atomic E-state index is -1.51. The number of nitrogens with one attached hydrogen (secondary N) is 2. The molecule has 2 amide bonds. The van der Waals surface area contributed by atoms with E-state index >= 15 is 0 Å². The van der Waals surface area contributed by atoms with Gasteiger partial charge in [-0.2, -0.15) is 0 Å². The summed E-state index contributed by atoms with van der Waals surface area (Å²) in [7, 11) is 0. The highest BCUT2D eigenvalue weighted by Crippen LogP contribution is 2.51. The fraction of sp³-hybridized carbons (Fsp3) is 0.448. The summed E-state index contributed by atoms with van der Waals surface area (Å²) in [6, 6.07) is 16.5. The van der Waals surface area contributed by atoms with E-state index in [0.29, 0.717) is 23.0 Å². The molecule has 2 atom stereocenters. The number of unbranched alkanes of at least 4 members (excludes halogenated alkanes) is 1. The standard InChI is InChI=1S/C29H35N3O5S/c1-3-4-17-29(32-26(35)36,24(33)25(34)30-20(2)21-11-6-5-7-12-21)18-28(15-10-16-28)19-38-27-31-22-13-8-9-14-23(22)37-27/h5-9,11-14,20,32H,3-4,10,15-19H2,1-2H3,(H,30,34)(H,35,36)/t20-,29?/m1/s1. The number of benzene rings is 2. The Morgan fingerprint density at radius 3 is 2.47 bits per heavy atom. The molecule has 1 aliphatic rings. The highest BCUT2D eigenvalue weighted by atomic mass is 32.2. The highest BCUT2D eigenvalue weighted by molar-refractivity contribution is 7.99. The van der Waals surface area contributed by atoms with Crippen LogP contribution in [0.3, 0.4) is 0 Å². The molecule has 1 heterocycles. The van der Waals surface area contributed by atoms with Crippen molar-refractivity contribution < 1.29 is 23.9 Å². The molecule has 1 aromatic heterocycles. The van der Waals surface area contributed by atoms with E-state index in [0.717, 1.165) is 36.8 Å². The van der Waals surface area contributed by atoms with Crippen molar-refractivity contribution in [1.82, 2.24) is 15.6 Å². The molecule has 0 spiro atoms. The average molecular weight is 538 g/mol. The van der Waals surface area contributed by atoms with Crippen LogP contribution >= 0.6 is 11.8 Å². The largest absolute Gasteiger partial charge is 0.465 e. The molecule has 4 rings (SSSR count). The number of fused-ring (bicyclic) bond motifs is 1. The van der Waals surface area contributed by atoms with Gasteiger partial charge in [0.25, 0.3) is 11.1 Å². The maximum Gasteiger partial charge on any atom is 0.405 e. The number of nitrogens with zero attached hydrogens (tertiary/aromatic N) is 1. The first-order valence-electron chi connectivity index (χ1n) is 13.2. The fourth-order valence-corrected chi connectivity index (χ4v) is 6.38. The van der Waals surface area contributed by atoms with E-state index in [2.05, 4.69) is 15.6 Å². The topological polar surface area (TPSA) is 122 Å². The van der Waals surface area contributed by atoms with E-state index < -0.39 is 29.4 Å². The summed E-state index contributed by atoms with van der Waals surface area (Å²) in [4.78, 5) is 43.6. The molecule has 2 aromatic carbocycles. The number of ketones is 1. The number of amides is 2. The van der Waals surface area contributed by atoms with Crippen LogP contribution in [-0.2, 0) is 9.59 Å². The molecule has 1 saturated carbocycles. The van der Waals surface area contributed by atoms with E-state index in [9.17, 15) is 19.5 Å². The summed E-state index contributed by atoms with van der Waals surface area (Å²) in [5.41, 5.74) is 0.528. The minimum absolute atomic E-state index is 0.255. The van der Waals surface area contributed by atoms with E-state index in [4.69, 9.17) is 4.42 Å². The van der Waals surface area contributed by atoms with Crippen molar-refractivity contribution in [3.05, 3.63) is 60.2 Å². The highest BCUT2D eigenvalue weighted by Gasteiger charge is 2.51. The van der Waals surface area contributed by atoms with Gasteiger partial charge in [-0.1, -0.05) is 80.4 Å². The third-order valence-electron chi connectivity index (χ3n) is 7.46. The fourth-order valence-electron chi connectivity index (χ4n) is 5.25. The molecule has 1 fully saturated rings. The molecular formula is C29H35N3O5S. The third-order valence-corrected chi connectivity index (χ3v) is 8.64. The number of hydrogen-bond donors (Lipinski definition) is 3. The van der Waals surface area contributed by atoms with Gasteiger partial charge in [-0.15, -0.1) is 0 Å². The summed E-state index contributed by atoms with van der Waals surface area (Å²) in [6.07, 6.45) is 3.25. The lowest BCUT2D eigenvalue weighted by molar-refractivity contribution is -0.143. The monoisotopic (exact) mass is 537 g/mol. The number of carbonyl (C=O) groups excluding carboxylic acids is 2. The van der Waals surface area contributed by atoms with Gasteiger partial charge in [-0.25, -0.2) is 9.78 Å². The van der Waals surface area contributed by atoms with E-state index in [1.165, 1.54) is 11.8 Å². The number of carboxylic acid groups (broad SMARTS) is 1. The van der Waals surface area contributed by atoms with Gasteiger partial charge in [0.2, 0.25) is 5.78 Å². The Kier molecular flexibility index (Phi) is 8.76. The zero-order valence-electron chi connectivity index (χ0n) is 21.9. The number of para-hydroxylation sites is 2. The Morgan fingerprint density at radius 1 is 1.13 bits per heavy atom. The molecule has 1 aliphatic carbocycles. The number of rotatable bonds is 13. The Bertz CT molecular complexity index is 1240. The van der Waals surface area contributed by atoms with Gasteiger partial charge in [0, 0.05) is 5.75 Å². The van der Waals surface area contributed by atoms with Gasteiger partial charge in [-0.05, 0) is 55.7 Å². The first-order valence-corrected chi connectivity index (χ1v) is 14.1. The van der Waals surface area contributed by atoms with E-state index in [1.807, 2.05) is 68.4 Å². The summed E-state index contributed by atoms with van der Waals surface area (Å²) < 4.78 is 5.87. The van der Waals surface area contributed by atoms with Crippen LogP contribution in [0, 0.1) is 5.41 Å². The molecule has 8 nitrogen and oxygen atoms in total. The smallest absolute Gasteiger partial charge is 0.405 e. The van der Waals surface area contributed by atoms with Crippen molar-refractivity contribution in [2.24, 2.45) is 5.41 Å². The quantitative estimate of drug-likeness (QED) is 0.177. The second-order valence-electron chi connectivity index (χ2n) is 10.3. The van der Waals surface area contributed by atoms with Gasteiger partial charge in [0.05, 0.1) is 6.04 Å². The van der Waals surface area contributed by atoms with Crippen LogP contribution in [0.1, 0.15) is 70.4 Å². The second-order valence-corrected chi connectivity index (χ2v) is 11.2. The molecule has 0 bridgehead atoms. The molecular weight excluding hydrogens is 502 g/mol. The van der Waals surface area contributed by atoms with Crippen LogP contribution in [0.5, 0.6) is 0 Å². The van der Waals surface area contributed by atoms with Crippen molar-refractivity contribution in [3.63, 3.8) is 0 Å². The van der Waals surface area contributed by atoms with Gasteiger partial charge in [0.15, 0.2) is 5.58 Å². The predicted molar refractivity (Wildman–Crippen MR) is 147 cm³/mol. The molecule has 9 heteroatoms. The van der Waals surface area contributed by atoms with Crippen molar-refractivity contribution in [3.8, 4) is 0 Å². The molecule has 3 aromatic rings. The molecule has 0 aliphatic heterocycles. The Hall–Kier alpha value is -3.33. The van der Waals surface area contributed by atoms with Crippen molar-refractivity contribution in [1.29, 1.82) is 0 Å². The maximum atomic E-state index is 13.8. The molecule has 0 radical (unpaired) electrons. The van der Waals surface area contributed by atoms with Crippen LogP contribution in [0.25, 0.3) is 11.1 Å². The van der Waals surface area contributed by atoms with Crippen molar-refractivity contribution in [2.45, 2.75) is 75.6 Å². The van der Waals surface area contributed by atoms with Crippen LogP contribution in [-0.4, -0.2) is 39.2 Å². The lowest BCUT2D eigenvalue weighted by Gasteiger charge is -2.47. The number of aromatic nitrogens is 1. The normalized spacial score (nSPS) is 16.7. The Morgan fingerprint density at radius 2 is 1.84 bits per heavy atom. The maximum absolute atomic E-state index is 13.8. The zero-order valence-corrected chi connectivity index (χ0v) is 22.7. The molecule has 3 N–H and O–H groups in total. The van der Waals surface area contributed by atoms with Crippen LogP contribution < -0.4 is 10.6 Å². The third kappa shape index (κ3) is 6.38. The minimum Gasteiger partial charge on any atom is -0.465 e. The Labute approximate surface area is 227 Å². The lowest BCUT2D eigenvalue weighted by Crippen LogP contribution is -2.61. The van der Waals surface area contributed by atoms with Crippen LogP contribution in [0.4, 0.5) is 4.79 Å². The molecule has 202 valence electrons. The van der Waals surface area contributed by atoms with Crippen LogP contribution in [0.2, 0.25) is 0 Å². The number of carbonyl (C=O) groups is 3. The van der Waals surface area contributed by atoms with Gasteiger partial charge < -0.3 is 20.2 Å². The first kappa shape index (κ1) is 27.7. The first-order chi connectivity index (χ1) is 18.3. The van der Waals surface area contributed by atoms with Crippen LogP contribution in [0.15, 0.2) is 64.2 Å². The van der Waals surface area contributed by atoms with Gasteiger partial charge in [-0.3, -0.25) is 9.59 Å². The molecule has 0 saturated heterocycles. The zero-order chi connectivity index (χ0) is 27.2. The summed E-state index contributed by atoms with van der Waals surface area (Å²) in [5, 5.41) is 15.7. The lowest BCUT2D eigenvalue weighted by atomic mass is 9.62. The summed E-state index contributed by atoms with van der Waals surface area (Å²) in [6.45, 7) is 3.79. The van der Waals surface area contributed by atoms with Crippen molar-refractivity contribution >= 4 is 40.6 Å². The predicted octanol–water partition coefficient (Wildman–Crippen LogP) is 6.12. The number of Topliss-reactive ketones (excluding diaryl/α,β-unsaturated/α-hetero) is 1. The van der Waals surface area contributed by atoms with Gasteiger partial charge in [0.1, 0.15) is 11.1 Å². The number of hydrogen-bond acceptors (Lipinski definition) is 6. The molecule has 1 unspecified atom stereocenters. The summed E-state index contributed by atoms with van der Waals surface area (Å²) in [5.74, 6) is -0.883. The molecule has 38 heavy (non-hydrogen) atoms. The second kappa shape index (κ2) is 12.0. The SMILES string of the molecule is CCCCC(CC1(CSc2nc3ccccc3o2)CCC1)(NC(=O)O)C(=O)C(=O)N[C@H](C)c1ccccc1. The van der Waals surface area contributed by atoms with Gasteiger partial charge >= 0.3 is 6.09 Å². The Balaban J connectivity index is 1.56. The average Bonchev–Trinajstić information content (AvgIpc) is 3.31. The number of thioether (sulfide) groups is 1.